The van der Waals surface area contributed by atoms with E-state index in [0.29, 0.717) is 5.56 Å². The number of carbonyl (C=O) groups excluding carboxylic acids is 3. The van der Waals surface area contributed by atoms with E-state index in [0.717, 1.165) is 30.6 Å². The molecule has 7 heteroatoms. The van der Waals surface area contributed by atoms with Gasteiger partial charge in [-0.05, 0) is 30.5 Å². The number of urea groups is 1. The molecule has 3 rings (SSSR count). The fraction of sp³-hybridized carbons (Fsp3) is 0.471. The molecule has 1 unspecified atom stereocenters. The van der Waals surface area contributed by atoms with Crippen molar-refractivity contribution in [3.63, 3.8) is 0 Å². The second kappa shape index (κ2) is 6.98. The fourth-order valence-electron chi connectivity index (χ4n) is 3.21. The molecule has 1 aromatic carbocycles. The Hall–Kier alpha value is -2.44. The molecule has 6 nitrogen and oxygen atoms in total. The first kappa shape index (κ1) is 16.4. The number of amides is 4. The highest BCUT2D eigenvalue weighted by Gasteiger charge is 2.40. The lowest BCUT2D eigenvalue weighted by Crippen LogP contribution is -2.44. The molecule has 4 amide bonds. The molecule has 1 aliphatic carbocycles. The van der Waals surface area contributed by atoms with Crippen molar-refractivity contribution >= 4 is 17.8 Å². The van der Waals surface area contributed by atoms with E-state index in [2.05, 4.69) is 10.6 Å². The van der Waals surface area contributed by atoms with Crippen LogP contribution < -0.4 is 10.6 Å². The van der Waals surface area contributed by atoms with Gasteiger partial charge in [-0.25, -0.2) is 9.18 Å². The van der Waals surface area contributed by atoms with Crippen molar-refractivity contribution in [3.05, 3.63) is 35.6 Å². The van der Waals surface area contributed by atoms with Crippen LogP contribution in [-0.4, -0.2) is 35.3 Å². The molecule has 1 saturated carbocycles. The Labute approximate surface area is 139 Å². The van der Waals surface area contributed by atoms with Gasteiger partial charge in [0.05, 0.1) is 0 Å². The lowest BCUT2D eigenvalue weighted by atomic mass is 9.95. The number of halogens is 1. The molecule has 2 N–H and O–H groups in total. The maximum Gasteiger partial charge on any atom is 0.325 e. The predicted molar refractivity (Wildman–Crippen MR) is 84.4 cm³/mol. The predicted octanol–water partition coefficient (Wildman–Crippen LogP) is 1.87. The van der Waals surface area contributed by atoms with Crippen LogP contribution in [0, 0.1) is 5.82 Å². The third kappa shape index (κ3) is 3.55. The summed E-state index contributed by atoms with van der Waals surface area (Å²) < 4.78 is 13.0. The summed E-state index contributed by atoms with van der Waals surface area (Å²) in [5.41, 5.74) is 0.491. The summed E-state index contributed by atoms with van der Waals surface area (Å²) in [5, 5.41) is 5.42. The van der Waals surface area contributed by atoms with Crippen molar-refractivity contribution in [2.75, 3.05) is 6.54 Å². The first-order valence-corrected chi connectivity index (χ1v) is 8.21. The molecule has 2 aliphatic rings. The molecule has 0 bridgehead atoms. The van der Waals surface area contributed by atoms with Crippen LogP contribution in [0.25, 0.3) is 0 Å². The van der Waals surface area contributed by atoms with Crippen molar-refractivity contribution in [1.82, 2.24) is 15.5 Å². The lowest BCUT2D eigenvalue weighted by molar-refractivity contribution is -0.132. The number of nitrogens with one attached hydrogen (secondary N) is 2. The van der Waals surface area contributed by atoms with Crippen LogP contribution in [0.5, 0.6) is 0 Å². The van der Waals surface area contributed by atoms with Gasteiger partial charge in [0.1, 0.15) is 18.4 Å². The normalized spacial score (nSPS) is 21.7. The maximum atomic E-state index is 13.0. The zero-order valence-electron chi connectivity index (χ0n) is 13.3. The number of benzene rings is 1. The molecule has 0 spiro atoms. The topological polar surface area (TPSA) is 78.5 Å². The van der Waals surface area contributed by atoms with Gasteiger partial charge in [-0.3, -0.25) is 14.5 Å². The van der Waals surface area contributed by atoms with Gasteiger partial charge in [0, 0.05) is 6.04 Å². The Balaban J connectivity index is 1.61. The molecular weight excluding hydrogens is 313 g/mol. The van der Waals surface area contributed by atoms with Crippen LogP contribution in [0.4, 0.5) is 9.18 Å². The van der Waals surface area contributed by atoms with E-state index in [1.165, 1.54) is 30.7 Å². The second-order valence-corrected chi connectivity index (χ2v) is 6.26. The molecule has 1 heterocycles. The molecule has 128 valence electrons. The summed E-state index contributed by atoms with van der Waals surface area (Å²) in [4.78, 5) is 37.4. The number of carbonyl (C=O) groups is 3. The Morgan fingerprint density at radius 2 is 1.83 bits per heavy atom. The minimum Gasteiger partial charge on any atom is -0.352 e. The summed E-state index contributed by atoms with van der Waals surface area (Å²) >= 11 is 0. The Kier molecular flexibility index (Phi) is 4.78. The number of rotatable bonds is 4. The first-order chi connectivity index (χ1) is 11.5. The highest BCUT2D eigenvalue weighted by molar-refractivity contribution is 6.06. The van der Waals surface area contributed by atoms with Crippen molar-refractivity contribution in [3.8, 4) is 0 Å². The molecule has 1 aliphatic heterocycles. The summed E-state index contributed by atoms with van der Waals surface area (Å²) in [7, 11) is 0. The number of nitrogens with zero attached hydrogens (tertiary/aromatic N) is 1. The molecule has 1 aromatic rings. The van der Waals surface area contributed by atoms with Gasteiger partial charge < -0.3 is 10.6 Å². The van der Waals surface area contributed by atoms with Gasteiger partial charge in [0.25, 0.3) is 5.91 Å². The van der Waals surface area contributed by atoms with Crippen LogP contribution >= 0.6 is 0 Å². The highest BCUT2D eigenvalue weighted by Crippen LogP contribution is 2.22. The molecular formula is C17H20FN3O3. The average molecular weight is 333 g/mol. The van der Waals surface area contributed by atoms with Gasteiger partial charge >= 0.3 is 6.03 Å². The van der Waals surface area contributed by atoms with E-state index in [4.69, 9.17) is 0 Å². The van der Waals surface area contributed by atoms with E-state index in [9.17, 15) is 18.8 Å². The second-order valence-electron chi connectivity index (χ2n) is 6.26. The minimum atomic E-state index is -0.874. The van der Waals surface area contributed by atoms with Gasteiger partial charge in [0.15, 0.2) is 0 Å². The Morgan fingerprint density at radius 1 is 1.17 bits per heavy atom. The Morgan fingerprint density at radius 3 is 2.50 bits per heavy atom. The molecule has 0 radical (unpaired) electrons. The minimum absolute atomic E-state index is 0.125. The van der Waals surface area contributed by atoms with Crippen LogP contribution in [0.1, 0.15) is 43.7 Å². The molecule has 24 heavy (non-hydrogen) atoms. The quantitative estimate of drug-likeness (QED) is 0.826. The number of imide groups is 1. The summed E-state index contributed by atoms with van der Waals surface area (Å²) in [5.74, 6) is -1.24. The smallest absolute Gasteiger partial charge is 0.325 e. The summed E-state index contributed by atoms with van der Waals surface area (Å²) in [6.07, 6.45) is 5.22. The zero-order valence-corrected chi connectivity index (χ0v) is 13.3. The molecule has 1 atom stereocenters. The molecule has 1 saturated heterocycles. The standard InChI is InChI=1S/C17H20FN3O3/c18-12-8-6-11(7-9-12)15-16(23)21(17(24)20-15)10-14(22)19-13-4-2-1-3-5-13/h6-9,13,15H,1-5,10H2,(H,19,22)(H,20,24). The van der Waals surface area contributed by atoms with E-state index in [1.807, 2.05) is 0 Å². The van der Waals surface area contributed by atoms with Crippen molar-refractivity contribution in [2.45, 2.75) is 44.2 Å². The van der Waals surface area contributed by atoms with Crippen LogP contribution in [0.15, 0.2) is 24.3 Å². The fourth-order valence-corrected chi connectivity index (χ4v) is 3.21. The van der Waals surface area contributed by atoms with Crippen molar-refractivity contribution < 1.29 is 18.8 Å². The van der Waals surface area contributed by atoms with E-state index in [1.54, 1.807) is 0 Å². The third-order valence-corrected chi connectivity index (χ3v) is 4.50. The van der Waals surface area contributed by atoms with Crippen molar-refractivity contribution in [1.29, 1.82) is 0 Å². The van der Waals surface area contributed by atoms with E-state index >= 15 is 0 Å². The zero-order chi connectivity index (χ0) is 17.1. The summed E-state index contributed by atoms with van der Waals surface area (Å²) in [6.45, 7) is -0.293. The maximum absolute atomic E-state index is 13.0. The van der Waals surface area contributed by atoms with Gasteiger partial charge in [-0.1, -0.05) is 31.4 Å². The van der Waals surface area contributed by atoms with Crippen LogP contribution in [-0.2, 0) is 9.59 Å². The van der Waals surface area contributed by atoms with Gasteiger partial charge in [0.2, 0.25) is 5.91 Å². The van der Waals surface area contributed by atoms with E-state index in [-0.39, 0.29) is 18.5 Å². The van der Waals surface area contributed by atoms with Crippen LogP contribution in [0.3, 0.4) is 0 Å². The van der Waals surface area contributed by atoms with E-state index < -0.39 is 23.8 Å². The lowest BCUT2D eigenvalue weighted by Gasteiger charge is -2.23. The van der Waals surface area contributed by atoms with Gasteiger partial charge in [-0.2, -0.15) is 0 Å². The Bertz CT molecular complexity index is 641. The monoisotopic (exact) mass is 333 g/mol. The number of hydrogen-bond donors (Lipinski definition) is 2. The SMILES string of the molecule is O=C(CN1C(=O)NC(c2ccc(F)cc2)C1=O)NC1CCCCC1. The van der Waals surface area contributed by atoms with Crippen LogP contribution in [0.2, 0.25) is 0 Å². The first-order valence-electron chi connectivity index (χ1n) is 8.21. The third-order valence-electron chi connectivity index (χ3n) is 4.50. The molecule has 0 aromatic heterocycles. The largest absolute Gasteiger partial charge is 0.352 e. The number of hydrogen-bond acceptors (Lipinski definition) is 3. The average Bonchev–Trinajstić information content (AvgIpc) is 2.85. The molecule has 2 fully saturated rings. The summed E-state index contributed by atoms with van der Waals surface area (Å²) in [6, 6.07) is 4.00. The highest BCUT2D eigenvalue weighted by atomic mass is 19.1. The van der Waals surface area contributed by atoms with Crippen molar-refractivity contribution in [2.24, 2.45) is 0 Å². The van der Waals surface area contributed by atoms with Gasteiger partial charge in [-0.15, -0.1) is 0 Å².